The Morgan fingerprint density at radius 3 is 2.66 bits per heavy atom. The molecule has 1 saturated heterocycles. The maximum Gasteiger partial charge on any atom is 0.330 e. The third-order valence-corrected chi connectivity index (χ3v) is 5.54. The lowest BCUT2D eigenvalue weighted by atomic mass is 9.97. The molecule has 0 spiro atoms. The van der Waals surface area contributed by atoms with Crippen molar-refractivity contribution in [3.63, 3.8) is 0 Å². The molecule has 4 rings (SSSR count). The molecule has 0 aliphatic carbocycles. The second-order valence-electron chi connectivity index (χ2n) is 7.45. The van der Waals surface area contributed by atoms with Gasteiger partial charge in [0.05, 0.1) is 5.48 Å². The Morgan fingerprint density at radius 2 is 1.97 bits per heavy atom. The van der Waals surface area contributed by atoms with Crippen LogP contribution in [0.25, 0.3) is 0 Å². The number of fused-ring (bicyclic) bond motifs is 1. The van der Waals surface area contributed by atoms with Crippen LogP contribution in [0.3, 0.4) is 0 Å². The highest BCUT2D eigenvalue weighted by Crippen LogP contribution is 2.32. The van der Waals surface area contributed by atoms with E-state index in [2.05, 4.69) is 0 Å². The summed E-state index contributed by atoms with van der Waals surface area (Å²) >= 11 is 5.71. The molecule has 6 nitrogen and oxygen atoms in total. The molecular weight excluding hydrogens is 442 g/mol. The fourth-order valence-corrected chi connectivity index (χ4v) is 3.67. The average Bonchev–Trinajstić information content (AvgIpc) is 3.01. The molecule has 2 aliphatic rings. The lowest BCUT2D eigenvalue weighted by molar-refractivity contribution is -0.144. The SMILES string of the molecule is [2H]c1cc(CCC(=O)C(F)(F)c2ccc(Cl)cc2)c([2H])c2c1C(=O)N(C1CCC(=O)NC1=O)C2([2H])[2H]. The average molecular weight is 465 g/mol. The molecule has 32 heavy (non-hydrogen) atoms. The van der Waals surface area contributed by atoms with Gasteiger partial charge in [-0.05, 0) is 42.1 Å². The quantitative estimate of drug-likeness (QED) is 0.664. The van der Waals surface area contributed by atoms with Crippen LogP contribution in [-0.2, 0) is 33.2 Å². The molecule has 166 valence electrons. The molecule has 0 bridgehead atoms. The number of piperidine rings is 1. The zero-order valence-electron chi connectivity index (χ0n) is 20.5. The van der Waals surface area contributed by atoms with Gasteiger partial charge in [0.1, 0.15) is 6.04 Å². The fraction of sp³-hybridized carbons (Fsp3) is 0.304. The maximum absolute atomic E-state index is 14.6. The smallest absolute Gasteiger partial charge is 0.322 e. The first-order valence-electron chi connectivity index (χ1n) is 11.7. The van der Waals surface area contributed by atoms with Gasteiger partial charge in [0.25, 0.3) is 5.91 Å². The molecule has 1 unspecified atom stereocenters. The number of rotatable bonds is 6. The lowest BCUT2D eigenvalue weighted by Gasteiger charge is -2.29. The van der Waals surface area contributed by atoms with Gasteiger partial charge in [-0.25, -0.2) is 0 Å². The van der Waals surface area contributed by atoms with Gasteiger partial charge >= 0.3 is 5.92 Å². The van der Waals surface area contributed by atoms with E-state index >= 15 is 0 Å². The maximum atomic E-state index is 14.6. The standard InChI is InChI=1S/C23H19ClF2N2O4/c24-16-5-3-15(4-6-16)23(25,26)19(29)9-2-13-1-7-17-14(11-13)12-28(22(17)32)18-8-10-20(30)27-21(18)31/h1,3-7,11,18H,2,8-10,12H2,(H,27,30,31)/i7D,11D,12D2. The summed E-state index contributed by atoms with van der Waals surface area (Å²) in [5.41, 5.74) is -1.52. The number of nitrogens with zero attached hydrogens (tertiary/aromatic N) is 1. The van der Waals surface area contributed by atoms with Crippen molar-refractivity contribution in [1.82, 2.24) is 10.2 Å². The molecule has 1 atom stereocenters. The fourth-order valence-electron chi connectivity index (χ4n) is 3.54. The molecule has 1 N–H and O–H groups in total. The Morgan fingerprint density at radius 1 is 1.25 bits per heavy atom. The number of amides is 3. The van der Waals surface area contributed by atoms with E-state index in [0.29, 0.717) is 4.90 Å². The van der Waals surface area contributed by atoms with E-state index in [0.717, 1.165) is 18.2 Å². The molecule has 0 radical (unpaired) electrons. The number of nitrogens with one attached hydrogen (secondary N) is 1. The van der Waals surface area contributed by atoms with E-state index < -0.39 is 83.6 Å². The summed E-state index contributed by atoms with van der Waals surface area (Å²) in [5.74, 6) is -7.70. The van der Waals surface area contributed by atoms with Crippen LogP contribution in [0.5, 0.6) is 0 Å². The molecule has 1 fully saturated rings. The minimum atomic E-state index is -3.83. The number of aryl methyl sites for hydroxylation is 1. The predicted octanol–water partition coefficient (Wildman–Crippen LogP) is 3.39. The van der Waals surface area contributed by atoms with E-state index in [4.69, 9.17) is 17.1 Å². The van der Waals surface area contributed by atoms with Crippen LogP contribution in [0.1, 0.15) is 51.8 Å². The molecule has 2 aromatic rings. The number of Topliss-reactive ketones (excluding diaryl/α,β-unsaturated/α-hetero) is 1. The third kappa shape index (κ3) is 4.14. The Balaban J connectivity index is 1.62. The van der Waals surface area contributed by atoms with Crippen molar-refractivity contribution in [3.8, 4) is 0 Å². The van der Waals surface area contributed by atoms with Crippen LogP contribution >= 0.6 is 11.6 Å². The zero-order valence-corrected chi connectivity index (χ0v) is 17.3. The van der Waals surface area contributed by atoms with E-state index in [1.165, 1.54) is 12.1 Å². The Hall–Kier alpha value is -3.13. The monoisotopic (exact) mass is 464 g/mol. The van der Waals surface area contributed by atoms with Crippen molar-refractivity contribution in [2.75, 3.05) is 0 Å². The van der Waals surface area contributed by atoms with Gasteiger partial charge in [0.15, 0.2) is 0 Å². The van der Waals surface area contributed by atoms with Crippen LogP contribution in [0, 0.1) is 0 Å². The molecule has 2 aliphatic heterocycles. The topological polar surface area (TPSA) is 83.6 Å². The molecule has 3 amide bonds. The van der Waals surface area contributed by atoms with E-state index in [9.17, 15) is 28.0 Å². The summed E-state index contributed by atoms with van der Waals surface area (Å²) < 4.78 is 63.0. The number of hydrogen-bond acceptors (Lipinski definition) is 4. The van der Waals surface area contributed by atoms with Crippen molar-refractivity contribution < 1.29 is 33.4 Å². The summed E-state index contributed by atoms with van der Waals surface area (Å²) in [6.07, 6.45) is -1.37. The highest BCUT2D eigenvalue weighted by Gasteiger charge is 2.41. The van der Waals surface area contributed by atoms with Gasteiger partial charge in [0, 0.05) is 35.5 Å². The van der Waals surface area contributed by atoms with Crippen molar-refractivity contribution in [2.24, 2.45) is 0 Å². The minimum absolute atomic E-state index is 0.0687. The lowest BCUT2D eigenvalue weighted by Crippen LogP contribution is -2.52. The highest BCUT2D eigenvalue weighted by molar-refractivity contribution is 6.30. The van der Waals surface area contributed by atoms with Crippen molar-refractivity contribution in [3.05, 3.63) is 69.7 Å². The van der Waals surface area contributed by atoms with Crippen LogP contribution in [0.4, 0.5) is 8.78 Å². The summed E-state index contributed by atoms with van der Waals surface area (Å²) in [6.45, 7) is -2.69. The van der Waals surface area contributed by atoms with Gasteiger partial charge in [-0.15, -0.1) is 0 Å². The third-order valence-electron chi connectivity index (χ3n) is 5.29. The van der Waals surface area contributed by atoms with Gasteiger partial charge in [-0.1, -0.05) is 35.8 Å². The van der Waals surface area contributed by atoms with Gasteiger partial charge in [-0.2, -0.15) is 8.78 Å². The number of hydrogen-bond donors (Lipinski definition) is 1. The Kier molecular flexibility index (Phi) is 4.59. The number of alkyl halides is 2. The predicted molar refractivity (Wildman–Crippen MR) is 111 cm³/mol. The first-order valence-corrected chi connectivity index (χ1v) is 10.1. The molecule has 2 aromatic carbocycles. The first-order chi connectivity index (χ1) is 16.8. The van der Waals surface area contributed by atoms with Gasteiger partial charge < -0.3 is 4.90 Å². The minimum Gasteiger partial charge on any atom is -0.322 e. The number of halogens is 3. The van der Waals surface area contributed by atoms with E-state index in [-0.39, 0.29) is 23.4 Å². The van der Waals surface area contributed by atoms with Gasteiger partial charge in [-0.3, -0.25) is 24.5 Å². The molecule has 0 saturated carbocycles. The largest absolute Gasteiger partial charge is 0.330 e. The Labute approximate surface area is 193 Å². The van der Waals surface area contributed by atoms with Crippen molar-refractivity contribution in [1.29, 1.82) is 0 Å². The normalized spacial score (nSPS) is 21.9. The van der Waals surface area contributed by atoms with Crippen molar-refractivity contribution in [2.45, 2.75) is 44.1 Å². The number of ketones is 1. The summed E-state index contributed by atoms with van der Waals surface area (Å²) in [5, 5.41) is 2.27. The summed E-state index contributed by atoms with van der Waals surface area (Å²) in [6, 6.07) is 3.25. The van der Waals surface area contributed by atoms with Crippen LogP contribution in [-0.4, -0.2) is 34.4 Å². The molecule has 2 heterocycles. The summed E-state index contributed by atoms with van der Waals surface area (Å²) in [7, 11) is 0. The molecular formula is C23H19ClF2N2O4. The second kappa shape index (κ2) is 8.43. The first kappa shape index (κ1) is 17.4. The van der Waals surface area contributed by atoms with Crippen LogP contribution in [0.2, 0.25) is 5.02 Å². The Bertz CT molecular complexity index is 1300. The van der Waals surface area contributed by atoms with E-state index in [1.54, 1.807) is 0 Å². The highest BCUT2D eigenvalue weighted by atomic mass is 35.5. The van der Waals surface area contributed by atoms with Gasteiger partial charge in [0.2, 0.25) is 17.6 Å². The van der Waals surface area contributed by atoms with E-state index in [1.807, 2.05) is 5.32 Å². The van der Waals surface area contributed by atoms with Crippen LogP contribution < -0.4 is 5.32 Å². The number of carbonyl (C=O) groups is 4. The van der Waals surface area contributed by atoms with Crippen molar-refractivity contribution >= 4 is 35.1 Å². The number of benzene rings is 2. The summed E-state index contributed by atoms with van der Waals surface area (Å²) in [4.78, 5) is 49.8. The van der Waals surface area contributed by atoms with Crippen LogP contribution in [0.15, 0.2) is 42.4 Å². The molecule has 0 aromatic heterocycles. The number of carbonyl (C=O) groups excluding carboxylic acids is 4. The number of imide groups is 1. The second-order valence-corrected chi connectivity index (χ2v) is 7.88. The zero-order chi connectivity index (χ0) is 26.6. The molecule has 9 heteroatoms.